The number of phenolic OH excluding ortho intramolecular Hbond substituents is 4. The van der Waals surface area contributed by atoms with E-state index in [0.717, 1.165) is 23.8 Å². The predicted octanol–water partition coefficient (Wildman–Crippen LogP) is 3.89. The first-order valence-electron chi connectivity index (χ1n) is 12.1. The predicted molar refractivity (Wildman–Crippen MR) is 144 cm³/mol. The fourth-order valence-corrected chi connectivity index (χ4v) is 3.79. The monoisotopic (exact) mass is 547 g/mol. The minimum Gasteiger partial charge on any atom is -0.508 e. The van der Waals surface area contributed by atoms with Crippen LogP contribution in [0.2, 0.25) is 0 Å². The quantitative estimate of drug-likeness (QED) is 0.0590. The normalized spacial score (nSPS) is 11.1. The van der Waals surface area contributed by atoms with Crippen molar-refractivity contribution >= 4 is 28.9 Å². The van der Waals surface area contributed by atoms with Gasteiger partial charge in [-0.1, -0.05) is 12.1 Å². The van der Waals surface area contributed by atoms with E-state index in [9.17, 15) is 39.9 Å². The van der Waals surface area contributed by atoms with E-state index in [2.05, 4.69) is 5.32 Å². The maximum atomic E-state index is 12.7. The summed E-state index contributed by atoms with van der Waals surface area (Å²) in [7, 11) is 0. The van der Waals surface area contributed by atoms with Gasteiger partial charge in [-0.05, 0) is 54.8 Å². The van der Waals surface area contributed by atoms with Crippen LogP contribution in [0, 0.1) is 0 Å². The molecule has 0 unspecified atom stereocenters. The molecule has 0 radical (unpaired) electrons. The Morgan fingerprint density at radius 1 is 0.875 bits per heavy atom. The van der Waals surface area contributed by atoms with Gasteiger partial charge in [0.2, 0.25) is 17.1 Å². The molecule has 1 heterocycles. The maximum absolute atomic E-state index is 12.7. The van der Waals surface area contributed by atoms with Crippen molar-refractivity contribution in [2.75, 3.05) is 6.54 Å². The molecule has 0 bridgehead atoms. The first-order chi connectivity index (χ1) is 19.1. The van der Waals surface area contributed by atoms with Crippen molar-refractivity contribution in [1.29, 1.82) is 0 Å². The van der Waals surface area contributed by atoms with Gasteiger partial charge in [0, 0.05) is 36.7 Å². The fourth-order valence-electron chi connectivity index (χ4n) is 3.79. The topological polar surface area (TPSA) is 187 Å². The number of hydrogen-bond donors (Lipinski definition) is 6. The van der Waals surface area contributed by atoms with Gasteiger partial charge in [-0.3, -0.25) is 14.4 Å². The van der Waals surface area contributed by atoms with Gasteiger partial charge in [0.15, 0.2) is 17.3 Å². The van der Waals surface area contributed by atoms with E-state index in [1.807, 2.05) is 0 Å². The Morgan fingerprint density at radius 2 is 1.62 bits per heavy atom. The molecule has 11 heteroatoms. The second-order valence-corrected chi connectivity index (χ2v) is 8.78. The number of carbonyl (C=O) groups is 2. The first-order valence-corrected chi connectivity index (χ1v) is 12.1. The fraction of sp³-hybridized carbons (Fsp3) is 0.138. The molecule has 1 amide bonds. The molecule has 6 N–H and O–H groups in total. The Balaban J connectivity index is 1.34. The summed E-state index contributed by atoms with van der Waals surface area (Å²) >= 11 is 0. The van der Waals surface area contributed by atoms with Crippen LogP contribution in [0.1, 0.15) is 24.8 Å². The van der Waals surface area contributed by atoms with Crippen LogP contribution in [0.15, 0.2) is 69.9 Å². The van der Waals surface area contributed by atoms with Crippen LogP contribution in [-0.4, -0.2) is 44.0 Å². The van der Waals surface area contributed by atoms with E-state index in [4.69, 9.17) is 9.15 Å². The number of esters is 1. The molecule has 4 rings (SSSR count). The highest BCUT2D eigenvalue weighted by Gasteiger charge is 2.20. The lowest BCUT2D eigenvalue weighted by atomic mass is 10.1. The van der Waals surface area contributed by atoms with E-state index in [0.29, 0.717) is 19.4 Å². The minimum absolute atomic E-state index is 0.00950. The number of benzene rings is 3. The van der Waals surface area contributed by atoms with E-state index in [1.165, 1.54) is 30.3 Å². The third kappa shape index (κ3) is 6.51. The summed E-state index contributed by atoms with van der Waals surface area (Å²) in [5.74, 6) is -3.54. The van der Waals surface area contributed by atoms with Gasteiger partial charge in [-0.15, -0.1) is 0 Å². The van der Waals surface area contributed by atoms with Crippen molar-refractivity contribution in [3.05, 3.63) is 76.5 Å². The van der Waals surface area contributed by atoms with E-state index in [-0.39, 0.29) is 46.1 Å². The molecular weight excluding hydrogens is 522 g/mol. The lowest BCUT2D eigenvalue weighted by molar-refractivity contribution is -0.134. The summed E-state index contributed by atoms with van der Waals surface area (Å²) in [4.78, 5) is 36.9. The summed E-state index contributed by atoms with van der Waals surface area (Å²) in [6.07, 6.45) is 3.87. The van der Waals surface area contributed by atoms with Gasteiger partial charge in [-0.25, -0.2) is 0 Å². The Hall–Kier alpha value is -5.45. The van der Waals surface area contributed by atoms with E-state index in [1.54, 1.807) is 18.2 Å². The number of aromatic hydroxyl groups is 5. The summed E-state index contributed by atoms with van der Waals surface area (Å²) < 4.78 is 10.9. The van der Waals surface area contributed by atoms with Crippen LogP contribution in [-0.2, 0) is 9.59 Å². The number of amides is 1. The molecule has 0 aliphatic carbocycles. The Bertz CT molecular complexity index is 1650. The summed E-state index contributed by atoms with van der Waals surface area (Å²) in [6.45, 7) is 0.326. The highest BCUT2D eigenvalue weighted by Crippen LogP contribution is 2.38. The Morgan fingerprint density at radius 3 is 2.35 bits per heavy atom. The van der Waals surface area contributed by atoms with Gasteiger partial charge in [-0.2, -0.15) is 0 Å². The molecule has 40 heavy (non-hydrogen) atoms. The average molecular weight is 548 g/mol. The zero-order chi connectivity index (χ0) is 28.8. The van der Waals surface area contributed by atoms with Crippen molar-refractivity contribution in [3.63, 3.8) is 0 Å². The summed E-state index contributed by atoms with van der Waals surface area (Å²) in [5, 5.41) is 51.6. The van der Waals surface area contributed by atoms with E-state index < -0.39 is 34.4 Å². The minimum atomic E-state index is -0.945. The number of hydrogen-bond acceptors (Lipinski definition) is 10. The number of carbonyl (C=O) groups excluding carboxylic acids is 2. The van der Waals surface area contributed by atoms with Gasteiger partial charge in [0.1, 0.15) is 28.2 Å². The van der Waals surface area contributed by atoms with Crippen molar-refractivity contribution < 1.29 is 44.3 Å². The third-order valence-corrected chi connectivity index (χ3v) is 5.82. The van der Waals surface area contributed by atoms with Crippen LogP contribution in [0.4, 0.5) is 0 Å². The molecule has 11 nitrogen and oxygen atoms in total. The molecular formula is C29H25NO10. The molecule has 206 valence electrons. The van der Waals surface area contributed by atoms with Crippen molar-refractivity contribution in [2.45, 2.75) is 19.3 Å². The third-order valence-electron chi connectivity index (χ3n) is 5.82. The highest BCUT2D eigenvalue weighted by molar-refractivity contribution is 5.91. The molecule has 0 saturated heterocycles. The molecule has 0 aliphatic rings. The molecule has 0 aliphatic heterocycles. The molecule has 3 aromatic carbocycles. The smallest absolute Gasteiger partial charge is 0.311 e. The Labute approximate surface area is 226 Å². The standard InChI is InChI=1S/C29H25NO10/c31-18-8-4-16(5-9-18)6-11-24(35)30-12-2-1-3-25(36)39-19-14-22(34)26-23(15-19)40-29(28(38)27(26)37)17-7-10-20(32)21(33)13-17/h4-11,13-15,31-34,38H,1-3,12H2,(H,30,35)/b11-6+. The Kier molecular flexibility index (Phi) is 8.24. The molecule has 1 aromatic heterocycles. The van der Waals surface area contributed by atoms with Crippen LogP contribution in [0.25, 0.3) is 28.4 Å². The first kappa shape index (κ1) is 27.6. The number of nitrogens with one attached hydrogen (secondary N) is 1. The van der Waals surface area contributed by atoms with E-state index >= 15 is 0 Å². The lowest BCUT2D eigenvalue weighted by Crippen LogP contribution is -2.22. The van der Waals surface area contributed by atoms with Crippen molar-refractivity contribution in [2.24, 2.45) is 0 Å². The molecule has 0 spiro atoms. The zero-order valence-electron chi connectivity index (χ0n) is 21.0. The van der Waals surface area contributed by atoms with Crippen LogP contribution < -0.4 is 15.5 Å². The summed E-state index contributed by atoms with van der Waals surface area (Å²) in [5.41, 5.74) is -0.297. The van der Waals surface area contributed by atoms with Crippen LogP contribution in [0.5, 0.6) is 34.5 Å². The van der Waals surface area contributed by atoms with Crippen LogP contribution >= 0.6 is 0 Å². The number of unbranched alkanes of at least 4 members (excludes halogenated alkanes) is 1. The number of rotatable bonds is 9. The van der Waals surface area contributed by atoms with Gasteiger partial charge >= 0.3 is 5.97 Å². The number of fused-ring (bicyclic) bond motifs is 1. The van der Waals surface area contributed by atoms with Crippen LogP contribution in [0.3, 0.4) is 0 Å². The number of phenols is 4. The highest BCUT2D eigenvalue weighted by atomic mass is 16.5. The zero-order valence-corrected chi connectivity index (χ0v) is 21.0. The molecule has 0 atom stereocenters. The second kappa shape index (κ2) is 11.9. The van der Waals surface area contributed by atoms with Gasteiger partial charge < -0.3 is 40.0 Å². The van der Waals surface area contributed by atoms with Gasteiger partial charge in [0.05, 0.1) is 0 Å². The molecule has 0 fully saturated rings. The SMILES string of the molecule is O=C(/C=C/c1ccc(O)cc1)NCCCCC(=O)Oc1cc(O)c2c(=O)c(O)c(-c3ccc(O)c(O)c3)oc2c1. The van der Waals surface area contributed by atoms with Gasteiger partial charge in [0.25, 0.3) is 0 Å². The summed E-state index contributed by atoms with van der Waals surface area (Å²) in [6, 6.07) is 12.1. The van der Waals surface area contributed by atoms with Crippen molar-refractivity contribution in [1.82, 2.24) is 5.32 Å². The number of ether oxygens (including phenoxy) is 1. The average Bonchev–Trinajstić information content (AvgIpc) is 2.91. The second-order valence-electron chi connectivity index (χ2n) is 8.78. The lowest BCUT2D eigenvalue weighted by Gasteiger charge is -2.10. The maximum Gasteiger partial charge on any atom is 0.311 e. The largest absolute Gasteiger partial charge is 0.508 e. The van der Waals surface area contributed by atoms with Crippen molar-refractivity contribution in [3.8, 4) is 45.8 Å². The molecule has 0 saturated carbocycles. The molecule has 4 aromatic rings.